The van der Waals surface area contributed by atoms with Gasteiger partial charge in [-0.3, -0.25) is 4.98 Å². The molecule has 0 bridgehead atoms. The van der Waals surface area contributed by atoms with Gasteiger partial charge in [-0.05, 0) is 41.1 Å². The second-order valence-corrected chi connectivity index (χ2v) is 4.26. The van der Waals surface area contributed by atoms with E-state index in [1.54, 1.807) is 0 Å². The maximum absolute atomic E-state index is 4.18. The second kappa shape index (κ2) is 4.02. The van der Waals surface area contributed by atoms with Crippen LogP contribution in [-0.2, 0) is 0 Å². The molecule has 0 spiro atoms. The summed E-state index contributed by atoms with van der Waals surface area (Å²) < 4.78 is 0. The van der Waals surface area contributed by atoms with Gasteiger partial charge in [0.1, 0.15) is 0 Å². The lowest BCUT2D eigenvalue weighted by atomic mass is 9.99. The van der Waals surface area contributed by atoms with Crippen molar-refractivity contribution in [1.82, 2.24) is 4.98 Å². The first-order valence-electron chi connectivity index (χ1n) is 5.74. The molecule has 0 radical (unpaired) electrons. The molecule has 1 aromatic heterocycles. The highest BCUT2D eigenvalue weighted by molar-refractivity contribution is 5.89. The number of aryl methyl sites for hydroxylation is 1. The average molecular weight is 219 g/mol. The fraction of sp³-hybridized carbons (Fsp3) is 0.0625. The Bertz CT molecular complexity index is 657. The van der Waals surface area contributed by atoms with Crippen LogP contribution in [0.4, 0.5) is 0 Å². The van der Waals surface area contributed by atoms with E-state index in [2.05, 4.69) is 54.4 Å². The summed E-state index contributed by atoms with van der Waals surface area (Å²) in [5.74, 6) is 0. The van der Waals surface area contributed by atoms with Crippen LogP contribution >= 0.6 is 0 Å². The summed E-state index contributed by atoms with van der Waals surface area (Å²) in [5, 5.41) is 2.48. The fourth-order valence-corrected chi connectivity index (χ4v) is 2.18. The highest BCUT2D eigenvalue weighted by Gasteiger charge is 2.02. The van der Waals surface area contributed by atoms with Gasteiger partial charge >= 0.3 is 0 Å². The summed E-state index contributed by atoms with van der Waals surface area (Å²) >= 11 is 0. The van der Waals surface area contributed by atoms with Gasteiger partial charge in [0.25, 0.3) is 0 Å². The number of rotatable bonds is 1. The van der Waals surface area contributed by atoms with E-state index < -0.39 is 0 Å². The second-order valence-electron chi connectivity index (χ2n) is 4.26. The van der Waals surface area contributed by atoms with Crippen molar-refractivity contribution in [3.63, 3.8) is 0 Å². The number of fused-ring (bicyclic) bond motifs is 1. The first kappa shape index (κ1) is 10.0. The third-order valence-corrected chi connectivity index (χ3v) is 3.07. The van der Waals surface area contributed by atoms with Gasteiger partial charge in [0.15, 0.2) is 0 Å². The Morgan fingerprint density at radius 1 is 0.882 bits per heavy atom. The van der Waals surface area contributed by atoms with Crippen LogP contribution in [0.2, 0.25) is 0 Å². The maximum atomic E-state index is 4.18. The minimum atomic E-state index is 1.23. The van der Waals surface area contributed by atoms with Gasteiger partial charge in [-0.1, -0.05) is 36.4 Å². The summed E-state index contributed by atoms with van der Waals surface area (Å²) in [6, 6.07) is 17.0. The third-order valence-electron chi connectivity index (χ3n) is 3.07. The summed E-state index contributed by atoms with van der Waals surface area (Å²) in [6.45, 7) is 2.14. The van der Waals surface area contributed by atoms with E-state index in [0.29, 0.717) is 0 Å². The zero-order valence-corrected chi connectivity index (χ0v) is 9.72. The van der Waals surface area contributed by atoms with Gasteiger partial charge in [0.2, 0.25) is 0 Å². The molecule has 1 heterocycles. The normalized spacial score (nSPS) is 10.6. The van der Waals surface area contributed by atoms with E-state index >= 15 is 0 Å². The number of hydrogen-bond donors (Lipinski definition) is 0. The smallest absolute Gasteiger partial charge is 0.0349 e. The molecule has 0 aliphatic carbocycles. The number of pyridine rings is 1. The zero-order valence-electron chi connectivity index (χ0n) is 9.72. The molecule has 3 aromatic rings. The average Bonchev–Trinajstić information content (AvgIpc) is 2.40. The molecule has 1 nitrogen and oxygen atoms in total. The molecule has 0 saturated heterocycles. The van der Waals surface area contributed by atoms with Crippen molar-refractivity contribution >= 4 is 10.8 Å². The maximum Gasteiger partial charge on any atom is 0.0349 e. The molecule has 1 heteroatoms. The van der Waals surface area contributed by atoms with Gasteiger partial charge in [0.05, 0.1) is 0 Å². The zero-order chi connectivity index (χ0) is 11.7. The summed E-state index contributed by atoms with van der Waals surface area (Å²) in [5.41, 5.74) is 3.80. The SMILES string of the molecule is Cc1cc(-c2ccccc2)cc2ccncc12. The van der Waals surface area contributed by atoms with Gasteiger partial charge in [-0.2, -0.15) is 0 Å². The largest absolute Gasteiger partial charge is 0.264 e. The van der Waals surface area contributed by atoms with Crippen molar-refractivity contribution in [2.45, 2.75) is 6.92 Å². The molecule has 0 saturated carbocycles. The molecular formula is C16H13N. The summed E-state index contributed by atoms with van der Waals surface area (Å²) in [6.07, 6.45) is 3.77. The predicted octanol–water partition coefficient (Wildman–Crippen LogP) is 4.21. The van der Waals surface area contributed by atoms with Gasteiger partial charge in [-0.25, -0.2) is 0 Å². The lowest BCUT2D eigenvalue weighted by Crippen LogP contribution is -1.84. The van der Waals surface area contributed by atoms with Gasteiger partial charge in [-0.15, -0.1) is 0 Å². The molecule has 0 aliphatic heterocycles. The number of nitrogens with zero attached hydrogens (tertiary/aromatic N) is 1. The van der Waals surface area contributed by atoms with Crippen molar-refractivity contribution < 1.29 is 0 Å². The van der Waals surface area contributed by atoms with Crippen molar-refractivity contribution in [3.05, 3.63) is 66.5 Å². The third kappa shape index (κ3) is 1.80. The molecule has 0 atom stereocenters. The monoisotopic (exact) mass is 219 g/mol. The van der Waals surface area contributed by atoms with Crippen molar-refractivity contribution in [2.75, 3.05) is 0 Å². The van der Waals surface area contributed by atoms with E-state index in [1.165, 1.54) is 27.5 Å². The van der Waals surface area contributed by atoms with Crippen LogP contribution in [0.5, 0.6) is 0 Å². The molecule has 82 valence electrons. The molecule has 0 N–H and O–H groups in total. The predicted molar refractivity (Wildman–Crippen MR) is 71.9 cm³/mol. The molecule has 17 heavy (non-hydrogen) atoms. The summed E-state index contributed by atoms with van der Waals surface area (Å²) in [7, 11) is 0. The van der Waals surface area contributed by atoms with Crippen LogP contribution in [0.25, 0.3) is 21.9 Å². The van der Waals surface area contributed by atoms with E-state index in [0.717, 1.165) is 0 Å². The van der Waals surface area contributed by atoms with E-state index in [-0.39, 0.29) is 0 Å². The number of hydrogen-bond acceptors (Lipinski definition) is 1. The Labute approximate surface area is 101 Å². The molecule has 0 amide bonds. The first-order chi connectivity index (χ1) is 8.34. The van der Waals surface area contributed by atoms with Crippen molar-refractivity contribution in [2.24, 2.45) is 0 Å². The Hall–Kier alpha value is -2.15. The molecule has 3 rings (SSSR count). The van der Waals surface area contributed by atoms with Gasteiger partial charge in [0, 0.05) is 17.8 Å². The lowest BCUT2D eigenvalue weighted by Gasteiger charge is -2.07. The number of benzene rings is 2. The van der Waals surface area contributed by atoms with Crippen molar-refractivity contribution in [3.8, 4) is 11.1 Å². The Balaban J connectivity index is 2.26. The summed E-state index contributed by atoms with van der Waals surface area (Å²) in [4.78, 5) is 4.18. The standard InChI is InChI=1S/C16H13N/c1-12-9-15(13-5-3-2-4-6-13)10-14-7-8-17-11-16(12)14/h2-11H,1H3. The van der Waals surface area contributed by atoms with Crippen LogP contribution in [-0.4, -0.2) is 4.98 Å². The molecule has 0 fully saturated rings. The highest BCUT2D eigenvalue weighted by atomic mass is 14.6. The quantitative estimate of drug-likeness (QED) is 0.597. The van der Waals surface area contributed by atoms with Crippen LogP contribution in [0.15, 0.2) is 60.9 Å². The van der Waals surface area contributed by atoms with Crippen LogP contribution in [0.3, 0.4) is 0 Å². The van der Waals surface area contributed by atoms with E-state index in [1.807, 2.05) is 18.5 Å². The van der Waals surface area contributed by atoms with Crippen LogP contribution in [0.1, 0.15) is 5.56 Å². The topological polar surface area (TPSA) is 12.9 Å². The van der Waals surface area contributed by atoms with Crippen LogP contribution in [0, 0.1) is 6.92 Å². The molecule has 2 aromatic carbocycles. The lowest BCUT2D eigenvalue weighted by molar-refractivity contribution is 1.35. The Morgan fingerprint density at radius 3 is 2.53 bits per heavy atom. The Kier molecular flexibility index (Phi) is 2.37. The molecular weight excluding hydrogens is 206 g/mol. The first-order valence-corrected chi connectivity index (χ1v) is 5.74. The van der Waals surface area contributed by atoms with E-state index in [4.69, 9.17) is 0 Å². The Morgan fingerprint density at radius 2 is 1.71 bits per heavy atom. The minimum Gasteiger partial charge on any atom is -0.264 e. The van der Waals surface area contributed by atoms with E-state index in [9.17, 15) is 0 Å². The fourth-order valence-electron chi connectivity index (χ4n) is 2.18. The highest BCUT2D eigenvalue weighted by Crippen LogP contribution is 2.26. The number of aromatic nitrogens is 1. The molecule has 0 aliphatic rings. The van der Waals surface area contributed by atoms with Crippen LogP contribution < -0.4 is 0 Å². The minimum absolute atomic E-state index is 1.23. The molecule has 0 unspecified atom stereocenters. The van der Waals surface area contributed by atoms with Crippen molar-refractivity contribution in [1.29, 1.82) is 0 Å². The van der Waals surface area contributed by atoms with Gasteiger partial charge < -0.3 is 0 Å².